The van der Waals surface area contributed by atoms with Gasteiger partial charge in [0, 0.05) is 5.69 Å². The van der Waals surface area contributed by atoms with E-state index in [1.807, 2.05) is 6.07 Å². The first-order valence-electron chi connectivity index (χ1n) is 3.83. The molecular weight excluding hydrogens is 182 g/mol. The zero-order valence-corrected chi connectivity index (χ0v) is 7.00. The molecule has 0 spiro atoms. The number of fused-ring (bicyclic) bond motifs is 1. The molecule has 5 nitrogen and oxygen atoms in total. The number of imide groups is 1. The number of nitrogens with zero attached hydrogens (tertiary/aromatic N) is 1. The Kier molecular flexibility index (Phi) is 1.51. The first kappa shape index (κ1) is 8.26. The number of carbonyl (C=O) groups excluding carboxylic acids is 2. The fraction of sp³-hybridized carbons (Fsp3) is 0. The number of nitrogens with one attached hydrogen (secondary N) is 1. The lowest BCUT2D eigenvalue weighted by Crippen LogP contribution is -2.20. The second-order valence-corrected chi connectivity index (χ2v) is 2.88. The van der Waals surface area contributed by atoms with E-state index in [0.29, 0.717) is 0 Å². The number of nitrogens with two attached hydrogens (primary N) is 1. The minimum Gasteiger partial charge on any atom is -0.398 e. The molecule has 0 aliphatic carbocycles. The van der Waals surface area contributed by atoms with Crippen molar-refractivity contribution in [1.29, 1.82) is 5.26 Å². The summed E-state index contributed by atoms with van der Waals surface area (Å²) in [5.41, 5.74) is 6.30. The topological polar surface area (TPSA) is 96.0 Å². The van der Waals surface area contributed by atoms with Gasteiger partial charge in [0.25, 0.3) is 11.8 Å². The van der Waals surface area contributed by atoms with Crippen LogP contribution in [0.2, 0.25) is 0 Å². The number of benzene rings is 1. The van der Waals surface area contributed by atoms with Crippen LogP contribution in [-0.2, 0) is 0 Å². The number of hydrogen-bond donors (Lipinski definition) is 2. The lowest BCUT2D eigenvalue weighted by molar-refractivity contribution is 0.0880. The van der Waals surface area contributed by atoms with Crippen LogP contribution in [-0.4, -0.2) is 11.8 Å². The molecule has 1 aliphatic rings. The molecule has 1 heterocycles. The quantitative estimate of drug-likeness (QED) is 0.442. The Hall–Kier alpha value is -2.35. The highest BCUT2D eigenvalue weighted by Crippen LogP contribution is 2.23. The van der Waals surface area contributed by atoms with Gasteiger partial charge in [0.2, 0.25) is 0 Å². The molecule has 1 aliphatic heterocycles. The Bertz CT molecular complexity index is 500. The second-order valence-electron chi connectivity index (χ2n) is 2.88. The van der Waals surface area contributed by atoms with Crippen LogP contribution in [0.25, 0.3) is 0 Å². The molecular formula is C9H5N3O2. The number of amides is 2. The van der Waals surface area contributed by atoms with E-state index in [-0.39, 0.29) is 22.4 Å². The van der Waals surface area contributed by atoms with E-state index in [9.17, 15) is 9.59 Å². The molecule has 14 heavy (non-hydrogen) atoms. The SMILES string of the molecule is N#Cc1cc(N)c2c(c1)C(=O)NC2=O. The average molecular weight is 187 g/mol. The van der Waals surface area contributed by atoms with Gasteiger partial charge >= 0.3 is 0 Å². The maximum atomic E-state index is 11.2. The minimum atomic E-state index is -0.507. The van der Waals surface area contributed by atoms with Crippen LogP contribution in [0.5, 0.6) is 0 Å². The predicted octanol–water partition coefficient (Wildman–Crippen LogP) is 0.0241. The van der Waals surface area contributed by atoms with E-state index in [2.05, 4.69) is 5.32 Å². The molecule has 0 fully saturated rings. The molecule has 3 N–H and O–H groups in total. The molecule has 0 aromatic heterocycles. The monoisotopic (exact) mass is 187 g/mol. The van der Waals surface area contributed by atoms with E-state index in [1.54, 1.807) is 0 Å². The molecule has 1 aromatic carbocycles. The molecule has 0 radical (unpaired) electrons. The van der Waals surface area contributed by atoms with Crippen molar-refractivity contribution in [2.45, 2.75) is 0 Å². The van der Waals surface area contributed by atoms with Crippen molar-refractivity contribution in [1.82, 2.24) is 5.32 Å². The maximum Gasteiger partial charge on any atom is 0.261 e. The van der Waals surface area contributed by atoms with E-state index < -0.39 is 11.8 Å². The fourth-order valence-electron chi connectivity index (χ4n) is 1.39. The van der Waals surface area contributed by atoms with Gasteiger partial charge in [-0.3, -0.25) is 14.9 Å². The van der Waals surface area contributed by atoms with Gasteiger partial charge < -0.3 is 5.73 Å². The Morgan fingerprint density at radius 3 is 2.64 bits per heavy atom. The molecule has 2 rings (SSSR count). The summed E-state index contributed by atoms with van der Waals surface area (Å²) in [4.78, 5) is 22.4. The van der Waals surface area contributed by atoms with Gasteiger partial charge in [-0.15, -0.1) is 0 Å². The second kappa shape index (κ2) is 2.57. The van der Waals surface area contributed by atoms with Gasteiger partial charge in [0.1, 0.15) is 0 Å². The van der Waals surface area contributed by atoms with Gasteiger partial charge in [-0.2, -0.15) is 5.26 Å². The number of rotatable bonds is 0. The molecule has 68 valence electrons. The molecule has 0 saturated carbocycles. The average Bonchev–Trinajstić information content (AvgIpc) is 2.42. The van der Waals surface area contributed by atoms with Gasteiger partial charge in [0.05, 0.1) is 22.8 Å². The smallest absolute Gasteiger partial charge is 0.261 e. The highest BCUT2D eigenvalue weighted by molar-refractivity contribution is 6.23. The fourth-order valence-corrected chi connectivity index (χ4v) is 1.39. The Balaban J connectivity index is 2.76. The van der Waals surface area contributed by atoms with E-state index in [0.717, 1.165) is 0 Å². The number of hydrogen-bond acceptors (Lipinski definition) is 4. The van der Waals surface area contributed by atoms with Gasteiger partial charge in [-0.05, 0) is 12.1 Å². The van der Waals surface area contributed by atoms with Crippen LogP contribution in [0.3, 0.4) is 0 Å². The maximum absolute atomic E-state index is 11.2. The zero-order valence-electron chi connectivity index (χ0n) is 7.00. The zero-order chi connectivity index (χ0) is 10.3. The van der Waals surface area contributed by atoms with Crippen molar-refractivity contribution in [2.24, 2.45) is 0 Å². The van der Waals surface area contributed by atoms with Gasteiger partial charge in [0.15, 0.2) is 0 Å². The first-order valence-corrected chi connectivity index (χ1v) is 3.83. The van der Waals surface area contributed by atoms with Crippen LogP contribution in [0.15, 0.2) is 12.1 Å². The summed E-state index contributed by atoms with van der Waals surface area (Å²) >= 11 is 0. The lowest BCUT2D eigenvalue weighted by atomic mass is 10.0. The summed E-state index contributed by atoms with van der Waals surface area (Å²) in [7, 11) is 0. The van der Waals surface area contributed by atoms with E-state index in [4.69, 9.17) is 11.0 Å². The van der Waals surface area contributed by atoms with Crippen molar-refractivity contribution in [3.63, 3.8) is 0 Å². The van der Waals surface area contributed by atoms with Crippen molar-refractivity contribution in [2.75, 3.05) is 5.73 Å². The highest BCUT2D eigenvalue weighted by Gasteiger charge is 2.29. The minimum absolute atomic E-state index is 0.155. The lowest BCUT2D eigenvalue weighted by Gasteiger charge is -1.99. The molecule has 0 saturated heterocycles. The normalized spacial score (nSPS) is 13.4. The summed E-state index contributed by atoms with van der Waals surface area (Å²) in [6, 6.07) is 4.59. The number of anilines is 1. The molecule has 2 amide bonds. The van der Waals surface area contributed by atoms with Crippen LogP contribution >= 0.6 is 0 Å². The third-order valence-electron chi connectivity index (χ3n) is 2.00. The first-order chi connectivity index (χ1) is 6.63. The molecule has 5 heteroatoms. The molecule has 0 bridgehead atoms. The van der Waals surface area contributed by atoms with Crippen LogP contribution < -0.4 is 11.1 Å². The van der Waals surface area contributed by atoms with E-state index in [1.165, 1.54) is 12.1 Å². The Morgan fingerprint density at radius 2 is 2.00 bits per heavy atom. The van der Waals surface area contributed by atoms with E-state index >= 15 is 0 Å². The number of carbonyl (C=O) groups is 2. The third kappa shape index (κ3) is 0.944. The van der Waals surface area contributed by atoms with Gasteiger partial charge in [-0.1, -0.05) is 0 Å². The Morgan fingerprint density at radius 1 is 1.29 bits per heavy atom. The molecule has 1 aromatic rings. The van der Waals surface area contributed by atoms with Crippen LogP contribution in [0.1, 0.15) is 26.3 Å². The summed E-state index contributed by atoms with van der Waals surface area (Å²) in [5, 5.41) is 10.7. The summed E-state index contributed by atoms with van der Waals surface area (Å²) < 4.78 is 0. The number of nitrogen functional groups attached to an aromatic ring is 1. The van der Waals surface area contributed by atoms with Crippen LogP contribution in [0.4, 0.5) is 5.69 Å². The van der Waals surface area contributed by atoms with Crippen molar-refractivity contribution in [3.05, 3.63) is 28.8 Å². The third-order valence-corrected chi connectivity index (χ3v) is 2.00. The summed E-state index contributed by atoms with van der Waals surface area (Å²) in [5.74, 6) is -1.01. The van der Waals surface area contributed by atoms with Crippen molar-refractivity contribution >= 4 is 17.5 Å². The van der Waals surface area contributed by atoms with Gasteiger partial charge in [-0.25, -0.2) is 0 Å². The van der Waals surface area contributed by atoms with Crippen molar-refractivity contribution in [3.8, 4) is 6.07 Å². The largest absolute Gasteiger partial charge is 0.398 e. The molecule has 0 unspecified atom stereocenters. The predicted molar refractivity (Wildman–Crippen MR) is 47.4 cm³/mol. The van der Waals surface area contributed by atoms with Crippen molar-refractivity contribution < 1.29 is 9.59 Å². The Labute approximate surface area is 79.1 Å². The van der Waals surface area contributed by atoms with Crippen LogP contribution in [0, 0.1) is 11.3 Å². The number of nitriles is 1. The molecule has 0 atom stereocenters. The summed E-state index contributed by atoms with van der Waals surface area (Å²) in [6.07, 6.45) is 0. The summed E-state index contributed by atoms with van der Waals surface area (Å²) in [6.45, 7) is 0. The highest BCUT2D eigenvalue weighted by atomic mass is 16.2. The standard InChI is InChI=1S/C9H5N3O2/c10-3-4-1-5-7(6(11)2-4)9(14)12-8(5)13/h1-2H,11H2,(H,12,13,14).